The van der Waals surface area contributed by atoms with Gasteiger partial charge in [-0.2, -0.15) is 0 Å². The maximum Gasteiger partial charge on any atom is 0.312 e. The van der Waals surface area contributed by atoms with Gasteiger partial charge in [0.2, 0.25) is 23.6 Å². The Morgan fingerprint density at radius 2 is 1.59 bits per heavy atom. The molecule has 2 aromatic carbocycles. The van der Waals surface area contributed by atoms with Crippen molar-refractivity contribution in [3.05, 3.63) is 63.7 Å². The molecule has 3 fully saturated rings. The average Bonchev–Trinajstić information content (AvgIpc) is 4.05. The number of nitrogens with zero attached hydrogens (tertiary/aromatic N) is 2. The zero-order chi connectivity index (χ0) is 58.8. The number of Topliss-reactive ketones (excluding diaryl/α,β-unsaturated/α-hetero) is 1. The Kier molecular flexibility index (Phi) is 18.4. The molecule has 2 aromatic rings. The molecule has 0 saturated carbocycles. The molecule has 3 saturated heterocycles. The van der Waals surface area contributed by atoms with Crippen LogP contribution >= 0.6 is 0 Å². The minimum absolute atomic E-state index is 0.0158. The van der Waals surface area contributed by atoms with Crippen LogP contribution in [0.5, 0.6) is 11.5 Å². The summed E-state index contributed by atoms with van der Waals surface area (Å²) >= 11 is 0. The monoisotopic (exact) mass is 1130 g/mol. The van der Waals surface area contributed by atoms with Crippen LogP contribution < -0.4 is 32.3 Å². The van der Waals surface area contributed by atoms with Crippen molar-refractivity contribution in [3.8, 4) is 11.5 Å². The summed E-state index contributed by atoms with van der Waals surface area (Å²) in [5.41, 5.74) is 0.653. The minimum Gasteiger partial charge on any atom is -0.507 e. The van der Waals surface area contributed by atoms with Crippen molar-refractivity contribution < 1.29 is 86.9 Å². The summed E-state index contributed by atoms with van der Waals surface area (Å²) in [4.78, 5) is 136. The van der Waals surface area contributed by atoms with Crippen molar-refractivity contribution in [2.75, 3.05) is 38.7 Å². The third-order valence-electron chi connectivity index (χ3n) is 15.7. The number of benzene rings is 2. The van der Waals surface area contributed by atoms with E-state index >= 15 is 0 Å². The summed E-state index contributed by atoms with van der Waals surface area (Å²) in [5.74, 6) is -8.31. The number of rotatable bonds is 22. The van der Waals surface area contributed by atoms with Crippen LogP contribution in [0.15, 0.2) is 30.4 Å². The number of aromatic hydroxyl groups is 2. The molecule has 438 valence electrons. The zero-order valence-corrected chi connectivity index (χ0v) is 45.9. The molecule has 0 radical (unpaired) electrons. The number of carbonyl (C=O) groups excluding carboxylic acids is 10. The van der Waals surface area contributed by atoms with Gasteiger partial charge in [0.15, 0.2) is 36.2 Å². The molecule has 81 heavy (non-hydrogen) atoms. The lowest BCUT2D eigenvalue weighted by molar-refractivity contribution is -0.256. The molecule has 1 unspecified atom stereocenters. The van der Waals surface area contributed by atoms with Crippen molar-refractivity contribution in [1.82, 2.24) is 31.1 Å². The van der Waals surface area contributed by atoms with E-state index in [0.717, 1.165) is 11.8 Å². The molecule has 11 atom stereocenters. The number of ketones is 3. The number of amides is 8. The molecule has 10 N–H and O–H groups in total. The van der Waals surface area contributed by atoms with Gasteiger partial charge in [0.1, 0.15) is 41.3 Å². The second kappa shape index (κ2) is 24.9. The Bertz CT molecular complexity index is 2900. The van der Waals surface area contributed by atoms with E-state index in [1.807, 2.05) is 0 Å². The first kappa shape index (κ1) is 59.9. The molecule has 6 aliphatic rings. The summed E-state index contributed by atoms with van der Waals surface area (Å²) in [6.07, 6.45) is -1.50. The lowest BCUT2D eigenvalue weighted by Crippen LogP contribution is -2.57. The van der Waals surface area contributed by atoms with E-state index in [-0.39, 0.29) is 72.8 Å². The first-order valence-electron chi connectivity index (χ1n) is 27.1. The number of nitrogens with two attached hydrogens (primary N) is 1. The normalized spacial score (nSPS) is 25.9. The van der Waals surface area contributed by atoms with Gasteiger partial charge < -0.3 is 71.3 Å². The molecule has 26 nitrogen and oxygen atoms in total. The highest BCUT2D eigenvalue weighted by Crippen LogP contribution is 2.53. The number of primary amides is 1. The highest BCUT2D eigenvalue weighted by molar-refractivity contribution is 6.32. The number of nitrogens with one attached hydrogen (secondary N) is 5. The van der Waals surface area contributed by atoms with Crippen LogP contribution in [0.2, 0.25) is 0 Å². The number of hydrogen-bond donors (Lipinski definition) is 9. The topological polar surface area (TPSA) is 370 Å². The van der Waals surface area contributed by atoms with Crippen LogP contribution in [0.4, 0.5) is 10.5 Å². The van der Waals surface area contributed by atoms with Crippen LogP contribution in [0, 0.1) is 5.92 Å². The van der Waals surface area contributed by atoms with Crippen molar-refractivity contribution in [2.24, 2.45) is 11.7 Å². The van der Waals surface area contributed by atoms with Gasteiger partial charge in [-0.25, -0.2) is 4.79 Å². The number of hydrogen-bond acceptors (Lipinski definition) is 19. The van der Waals surface area contributed by atoms with Crippen LogP contribution in [0.3, 0.4) is 0 Å². The Morgan fingerprint density at radius 1 is 0.877 bits per heavy atom. The fourth-order valence-corrected chi connectivity index (χ4v) is 11.4. The molecule has 8 amide bonds. The predicted molar refractivity (Wildman–Crippen MR) is 282 cm³/mol. The largest absolute Gasteiger partial charge is 0.507 e. The van der Waals surface area contributed by atoms with E-state index < -0.39 is 161 Å². The molecule has 8 rings (SSSR count). The summed E-state index contributed by atoms with van der Waals surface area (Å²) in [6, 6.07) is -0.947. The maximum absolute atomic E-state index is 14.8. The SMILES string of the molecule is CO[C@H]1OCCN2[C@@H]1O[C@@H]1[C@H](C)OC(O[C@H]3C[C@](O)(C(C)=O)Cc4c(O)c5c(c(O)c43)C(=O)c3c(NC(=O)[C@H](C)NC(=O)[C@H](CCCNC(N)=O)NC(=O)[C@@H](NC(=O)CCCCCN4C(=O)C=CC4=O)C(C)C)cccc3C5=O)C[C@@H]12. The highest BCUT2D eigenvalue weighted by atomic mass is 16.7. The van der Waals surface area contributed by atoms with Gasteiger partial charge in [0, 0.05) is 87.3 Å². The summed E-state index contributed by atoms with van der Waals surface area (Å²) in [7, 11) is 1.51. The van der Waals surface area contributed by atoms with Gasteiger partial charge in [-0.15, -0.1) is 0 Å². The quantitative estimate of drug-likeness (QED) is 0.0380. The molecular weight excluding hydrogens is 1060 g/mol. The summed E-state index contributed by atoms with van der Waals surface area (Å²) in [5, 5.41) is 49.0. The first-order chi connectivity index (χ1) is 38.4. The van der Waals surface area contributed by atoms with E-state index in [0.29, 0.717) is 32.4 Å². The fourth-order valence-electron chi connectivity index (χ4n) is 11.4. The van der Waals surface area contributed by atoms with Crippen LogP contribution in [-0.2, 0) is 63.7 Å². The maximum atomic E-state index is 14.8. The smallest absolute Gasteiger partial charge is 0.312 e. The van der Waals surface area contributed by atoms with E-state index in [9.17, 15) is 63.3 Å². The number of unbranched alkanes of at least 4 members (excludes halogenated alkanes) is 2. The van der Waals surface area contributed by atoms with E-state index in [4.69, 9.17) is 29.4 Å². The van der Waals surface area contributed by atoms with Crippen LogP contribution in [0.25, 0.3) is 0 Å². The van der Waals surface area contributed by atoms with Gasteiger partial charge in [0.25, 0.3) is 11.8 Å². The predicted octanol–water partition coefficient (Wildman–Crippen LogP) is 0.733. The third-order valence-corrected chi connectivity index (χ3v) is 15.7. The Labute approximate surface area is 466 Å². The lowest BCUT2D eigenvalue weighted by Gasteiger charge is -2.43. The molecule has 26 heteroatoms. The second-order valence-electron chi connectivity index (χ2n) is 21.6. The van der Waals surface area contributed by atoms with Gasteiger partial charge >= 0.3 is 6.03 Å². The standard InChI is InChI=1S/C55H70N8O18/c1-25(2)43(61-35(65)15-8-7-9-19-63-36(66)16-17-37(63)67)51(74)60-32(14-11-18-57-54(56)75)50(73)58-26(3)49(72)59-31-13-10-12-29-39(31)46(70)42-41(44(29)68)45(69)30-23-55(76,28(5)64)24-34(40(30)47(42)71)80-38-22-33-48(27(4)79-38)81-52-53(77-6)78-21-20-62(33)52/h10,12-13,16-17,25-27,32-34,38,43,48,52-53,69,71,76H,7-9,11,14-15,18-24H2,1-6H3,(H,58,73)(H,59,72)(H,60,74)(H,61,65)(H3,56,57,75)/t26-,27-,32-,33-,34-,38?,43-,48+,52+,53-,55-/m0/s1. The number of anilines is 1. The van der Waals surface area contributed by atoms with Gasteiger partial charge in [0.05, 0.1) is 41.2 Å². The van der Waals surface area contributed by atoms with Crippen molar-refractivity contribution >= 4 is 64.5 Å². The Hall–Kier alpha value is -7.20. The molecule has 4 heterocycles. The van der Waals surface area contributed by atoms with Crippen LogP contribution in [0.1, 0.15) is 135 Å². The molecule has 0 aromatic heterocycles. The third kappa shape index (κ3) is 12.5. The number of carbonyl (C=O) groups is 10. The number of aliphatic hydroxyl groups is 1. The number of phenols is 2. The summed E-state index contributed by atoms with van der Waals surface area (Å²) in [6.45, 7) is 8.73. The molecule has 2 aliphatic carbocycles. The number of imide groups is 1. The minimum atomic E-state index is -2.15. The Morgan fingerprint density at radius 3 is 2.27 bits per heavy atom. The van der Waals surface area contributed by atoms with Crippen LogP contribution in [-0.4, -0.2) is 178 Å². The number of phenolic OH excluding ortho intramolecular Hbond substituents is 2. The second-order valence-corrected chi connectivity index (χ2v) is 21.6. The lowest BCUT2D eigenvalue weighted by atomic mass is 9.72. The highest BCUT2D eigenvalue weighted by Gasteiger charge is 2.55. The van der Waals surface area contributed by atoms with Gasteiger partial charge in [-0.1, -0.05) is 32.4 Å². The van der Waals surface area contributed by atoms with E-state index in [1.165, 1.54) is 44.4 Å². The first-order valence-corrected chi connectivity index (χ1v) is 27.1. The molecule has 0 bridgehead atoms. The molecule has 0 spiro atoms. The van der Waals surface area contributed by atoms with Crippen molar-refractivity contribution in [3.63, 3.8) is 0 Å². The number of ether oxygens (including phenoxy) is 5. The number of methoxy groups -OCH3 is 1. The van der Waals surface area contributed by atoms with Gasteiger partial charge in [-0.05, 0) is 58.4 Å². The number of morpholine rings is 1. The zero-order valence-electron chi connectivity index (χ0n) is 45.9. The number of fused-ring (bicyclic) bond motifs is 6. The number of urea groups is 1. The Balaban J connectivity index is 0.970. The molecular formula is C55H70N8O18. The van der Waals surface area contributed by atoms with E-state index in [1.54, 1.807) is 20.8 Å². The fraction of sp³-hybridized carbons (Fsp3) is 0.564. The average molecular weight is 1130 g/mol. The van der Waals surface area contributed by atoms with E-state index in [2.05, 4.69) is 31.5 Å². The van der Waals surface area contributed by atoms with Crippen molar-refractivity contribution in [2.45, 2.75) is 159 Å². The van der Waals surface area contributed by atoms with Crippen molar-refractivity contribution in [1.29, 1.82) is 0 Å². The molecule has 4 aliphatic heterocycles. The summed E-state index contributed by atoms with van der Waals surface area (Å²) < 4.78 is 30.4. The van der Waals surface area contributed by atoms with Gasteiger partial charge in [-0.3, -0.25) is 53.0 Å².